The molecule has 0 unspecified atom stereocenters. The molecule has 0 spiro atoms. The Morgan fingerprint density at radius 1 is 1.71 bits per heavy atom. The van der Waals surface area contributed by atoms with Crippen molar-refractivity contribution in [2.75, 3.05) is 0 Å². The van der Waals surface area contributed by atoms with Crippen molar-refractivity contribution in [1.29, 1.82) is 0 Å². The minimum absolute atomic E-state index is 0.118. The summed E-state index contributed by atoms with van der Waals surface area (Å²) >= 11 is 1.51. The monoisotopic (exact) mass is 213 g/mol. The number of nitrogens with one attached hydrogen (secondary N) is 1. The highest BCUT2D eigenvalue weighted by molar-refractivity contribution is 7.07. The second-order valence-electron chi connectivity index (χ2n) is 3.47. The summed E-state index contributed by atoms with van der Waals surface area (Å²) in [5.74, 6) is 0.0402. The molecular formula is C9H15N3OS. The summed E-state index contributed by atoms with van der Waals surface area (Å²) in [5.41, 5.74) is 8.28. The SMILES string of the molecule is CC(C)[C@@H](N)C(=O)NCc1cscn1. The van der Waals surface area contributed by atoms with Crippen molar-refractivity contribution in [2.45, 2.75) is 26.4 Å². The zero-order valence-electron chi connectivity index (χ0n) is 8.36. The van der Waals surface area contributed by atoms with Gasteiger partial charge in [-0.15, -0.1) is 11.3 Å². The van der Waals surface area contributed by atoms with E-state index in [-0.39, 0.29) is 11.8 Å². The standard InChI is InChI=1S/C9H15N3OS/c1-6(2)8(10)9(13)11-3-7-4-14-5-12-7/h4-6,8H,3,10H2,1-2H3,(H,11,13)/t8-/m1/s1. The van der Waals surface area contributed by atoms with Crippen molar-refractivity contribution in [1.82, 2.24) is 10.3 Å². The van der Waals surface area contributed by atoms with E-state index in [2.05, 4.69) is 10.3 Å². The Morgan fingerprint density at radius 2 is 2.43 bits per heavy atom. The fourth-order valence-electron chi connectivity index (χ4n) is 0.923. The van der Waals surface area contributed by atoms with E-state index >= 15 is 0 Å². The van der Waals surface area contributed by atoms with Gasteiger partial charge in [0, 0.05) is 5.38 Å². The number of rotatable bonds is 4. The van der Waals surface area contributed by atoms with Crippen LogP contribution in [0.4, 0.5) is 0 Å². The number of aromatic nitrogens is 1. The van der Waals surface area contributed by atoms with Gasteiger partial charge in [-0.3, -0.25) is 4.79 Å². The van der Waals surface area contributed by atoms with Crippen LogP contribution in [0, 0.1) is 5.92 Å². The fraction of sp³-hybridized carbons (Fsp3) is 0.556. The predicted molar refractivity (Wildman–Crippen MR) is 56.8 cm³/mol. The van der Waals surface area contributed by atoms with Crippen LogP contribution in [0.25, 0.3) is 0 Å². The first kappa shape index (κ1) is 11.1. The minimum Gasteiger partial charge on any atom is -0.349 e. The van der Waals surface area contributed by atoms with Crippen LogP contribution in [0.2, 0.25) is 0 Å². The van der Waals surface area contributed by atoms with Crippen LogP contribution < -0.4 is 11.1 Å². The molecule has 0 aliphatic heterocycles. The number of carbonyl (C=O) groups excluding carboxylic acids is 1. The van der Waals surface area contributed by atoms with E-state index in [1.165, 1.54) is 11.3 Å². The highest BCUT2D eigenvalue weighted by Gasteiger charge is 2.16. The minimum atomic E-state index is -0.436. The Kier molecular flexibility index (Phi) is 4.03. The third-order valence-electron chi connectivity index (χ3n) is 1.95. The first-order valence-electron chi connectivity index (χ1n) is 4.51. The Labute approximate surface area is 87.5 Å². The summed E-state index contributed by atoms with van der Waals surface area (Å²) in [5, 5.41) is 4.65. The average molecular weight is 213 g/mol. The Balaban J connectivity index is 2.35. The third-order valence-corrected chi connectivity index (χ3v) is 2.58. The molecule has 1 amide bonds. The van der Waals surface area contributed by atoms with Crippen LogP contribution in [0.5, 0.6) is 0 Å². The van der Waals surface area contributed by atoms with E-state index in [0.717, 1.165) is 5.69 Å². The number of carbonyl (C=O) groups is 1. The summed E-state index contributed by atoms with van der Waals surface area (Å²) < 4.78 is 0. The highest BCUT2D eigenvalue weighted by Crippen LogP contribution is 2.01. The molecule has 3 N–H and O–H groups in total. The summed E-state index contributed by atoms with van der Waals surface area (Å²) in [6.45, 7) is 4.31. The molecule has 0 saturated carbocycles. The molecule has 0 saturated heterocycles. The zero-order chi connectivity index (χ0) is 10.6. The Hall–Kier alpha value is -0.940. The molecular weight excluding hydrogens is 198 g/mol. The largest absolute Gasteiger partial charge is 0.349 e. The second-order valence-corrected chi connectivity index (χ2v) is 4.19. The van der Waals surface area contributed by atoms with E-state index in [9.17, 15) is 4.79 Å². The van der Waals surface area contributed by atoms with Crippen LogP contribution in [0.1, 0.15) is 19.5 Å². The molecule has 0 fully saturated rings. The van der Waals surface area contributed by atoms with Gasteiger partial charge in [0.15, 0.2) is 0 Å². The normalized spacial score (nSPS) is 12.9. The van der Waals surface area contributed by atoms with Gasteiger partial charge in [0.25, 0.3) is 0 Å². The van der Waals surface area contributed by atoms with Gasteiger partial charge >= 0.3 is 0 Å². The molecule has 0 aliphatic rings. The molecule has 0 radical (unpaired) electrons. The molecule has 0 aromatic carbocycles. The lowest BCUT2D eigenvalue weighted by atomic mass is 10.1. The molecule has 1 atom stereocenters. The lowest BCUT2D eigenvalue weighted by Crippen LogP contribution is -2.43. The molecule has 1 aromatic rings. The fourth-order valence-corrected chi connectivity index (χ4v) is 1.48. The molecule has 78 valence electrons. The molecule has 1 aromatic heterocycles. The number of thiazole rings is 1. The lowest BCUT2D eigenvalue weighted by molar-refractivity contribution is -0.123. The van der Waals surface area contributed by atoms with Crippen LogP contribution in [-0.4, -0.2) is 16.9 Å². The van der Waals surface area contributed by atoms with Crippen molar-refractivity contribution < 1.29 is 4.79 Å². The summed E-state index contributed by atoms with van der Waals surface area (Å²) in [6, 6.07) is -0.436. The highest BCUT2D eigenvalue weighted by atomic mass is 32.1. The zero-order valence-corrected chi connectivity index (χ0v) is 9.17. The van der Waals surface area contributed by atoms with E-state index in [4.69, 9.17) is 5.73 Å². The molecule has 0 aliphatic carbocycles. The molecule has 0 bridgehead atoms. The van der Waals surface area contributed by atoms with E-state index in [0.29, 0.717) is 6.54 Å². The number of hydrogen-bond donors (Lipinski definition) is 2. The van der Waals surface area contributed by atoms with Gasteiger partial charge in [0.2, 0.25) is 5.91 Å². The number of amides is 1. The smallest absolute Gasteiger partial charge is 0.237 e. The third kappa shape index (κ3) is 3.08. The van der Waals surface area contributed by atoms with Gasteiger partial charge < -0.3 is 11.1 Å². The van der Waals surface area contributed by atoms with Crippen molar-refractivity contribution in [3.05, 3.63) is 16.6 Å². The number of nitrogens with two attached hydrogens (primary N) is 1. The molecule has 1 heterocycles. The molecule has 1 rings (SSSR count). The number of hydrogen-bond acceptors (Lipinski definition) is 4. The average Bonchev–Trinajstić information content (AvgIpc) is 2.65. The first-order valence-corrected chi connectivity index (χ1v) is 5.46. The van der Waals surface area contributed by atoms with Gasteiger partial charge in [-0.25, -0.2) is 4.98 Å². The topological polar surface area (TPSA) is 68.0 Å². The van der Waals surface area contributed by atoms with Crippen molar-refractivity contribution in [3.8, 4) is 0 Å². The van der Waals surface area contributed by atoms with Crippen LogP contribution in [-0.2, 0) is 11.3 Å². The summed E-state index contributed by atoms with van der Waals surface area (Å²) in [4.78, 5) is 15.5. The van der Waals surface area contributed by atoms with Gasteiger partial charge in [0.05, 0.1) is 23.8 Å². The molecule has 14 heavy (non-hydrogen) atoms. The van der Waals surface area contributed by atoms with Crippen molar-refractivity contribution >= 4 is 17.2 Å². The van der Waals surface area contributed by atoms with Gasteiger partial charge in [-0.05, 0) is 5.92 Å². The van der Waals surface area contributed by atoms with E-state index in [1.807, 2.05) is 19.2 Å². The first-order chi connectivity index (χ1) is 6.61. The maximum atomic E-state index is 11.4. The van der Waals surface area contributed by atoms with E-state index in [1.54, 1.807) is 5.51 Å². The van der Waals surface area contributed by atoms with Crippen molar-refractivity contribution in [3.63, 3.8) is 0 Å². The second kappa shape index (κ2) is 5.07. The van der Waals surface area contributed by atoms with Crippen LogP contribution in [0.3, 0.4) is 0 Å². The van der Waals surface area contributed by atoms with Gasteiger partial charge in [-0.1, -0.05) is 13.8 Å². The maximum absolute atomic E-state index is 11.4. The Morgan fingerprint density at radius 3 is 2.93 bits per heavy atom. The van der Waals surface area contributed by atoms with Crippen LogP contribution >= 0.6 is 11.3 Å². The number of nitrogens with zero attached hydrogens (tertiary/aromatic N) is 1. The predicted octanol–water partition coefficient (Wildman–Crippen LogP) is 0.743. The summed E-state index contributed by atoms with van der Waals surface area (Å²) in [6.07, 6.45) is 0. The quantitative estimate of drug-likeness (QED) is 0.775. The van der Waals surface area contributed by atoms with E-state index < -0.39 is 6.04 Å². The Bertz CT molecular complexity index is 284. The maximum Gasteiger partial charge on any atom is 0.237 e. The van der Waals surface area contributed by atoms with Crippen LogP contribution in [0.15, 0.2) is 10.9 Å². The van der Waals surface area contributed by atoms with Crippen molar-refractivity contribution in [2.24, 2.45) is 11.7 Å². The lowest BCUT2D eigenvalue weighted by Gasteiger charge is -2.14. The summed E-state index contributed by atoms with van der Waals surface area (Å²) in [7, 11) is 0. The van der Waals surface area contributed by atoms with Gasteiger partial charge in [-0.2, -0.15) is 0 Å². The van der Waals surface area contributed by atoms with Gasteiger partial charge in [0.1, 0.15) is 0 Å². The molecule has 4 nitrogen and oxygen atoms in total. The molecule has 5 heteroatoms.